The Morgan fingerprint density at radius 2 is 2.07 bits per heavy atom. The molecule has 1 fully saturated rings. The van der Waals surface area contributed by atoms with Crippen LogP contribution in [0.5, 0.6) is 11.5 Å². The van der Waals surface area contributed by atoms with Crippen LogP contribution in [0.1, 0.15) is 18.4 Å². The minimum absolute atomic E-state index is 0.0724. The molecule has 1 N–H and O–H groups in total. The van der Waals surface area contributed by atoms with Crippen molar-refractivity contribution in [2.45, 2.75) is 12.8 Å². The summed E-state index contributed by atoms with van der Waals surface area (Å²) in [6.45, 7) is 1.44. The summed E-state index contributed by atoms with van der Waals surface area (Å²) in [5.41, 5.74) is 0.762. The zero-order valence-corrected chi connectivity index (χ0v) is 16.9. The first-order valence-corrected chi connectivity index (χ1v) is 10.8. The van der Waals surface area contributed by atoms with E-state index in [4.69, 9.17) is 14.7 Å². The van der Waals surface area contributed by atoms with Gasteiger partial charge in [0.2, 0.25) is 15.9 Å². The van der Waals surface area contributed by atoms with Crippen LogP contribution in [0.15, 0.2) is 24.3 Å². The molecule has 1 aromatic rings. The molecule has 1 amide bonds. The maximum absolute atomic E-state index is 12.0. The van der Waals surface area contributed by atoms with Crippen LogP contribution < -0.4 is 14.8 Å². The molecule has 0 aliphatic carbocycles. The number of hydrogen-bond donors (Lipinski definition) is 1. The van der Waals surface area contributed by atoms with Crippen molar-refractivity contribution in [1.82, 2.24) is 9.62 Å². The number of carbonyl (C=O) groups is 1. The van der Waals surface area contributed by atoms with Gasteiger partial charge in [0.15, 0.2) is 18.1 Å². The summed E-state index contributed by atoms with van der Waals surface area (Å²) >= 11 is 0. The largest absolute Gasteiger partial charge is 0.493 e. The minimum Gasteiger partial charge on any atom is -0.493 e. The molecule has 0 atom stereocenters. The Hall–Kier alpha value is -2.57. The van der Waals surface area contributed by atoms with Crippen LogP contribution >= 0.6 is 0 Å². The van der Waals surface area contributed by atoms with Crippen LogP contribution in [-0.2, 0) is 14.8 Å². The Bertz CT molecular complexity index is 853. The van der Waals surface area contributed by atoms with E-state index >= 15 is 0 Å². The summed E-state index contributed by atoms with van der Waals surface area (Å²) in [6.07, 6.45) is 5.79. The molecule has 8 nitrogen and oxygen atoms in total. The molecule has 0 radical (unpaired) electrons. The molecule has 1 heterocycles. The number of nitrogens with zero attached hydrogens (tertiary/aromatic N) is 2. The van der Waals surface area contributed by atoms with E-state index in [-0.39, 0.29) is 18.4 Å². The number of carbonyl (C=O) groups excluding carboxylic acids is 1. The number of hydrogen-bond acceptors (Lipinski definition) is 6. The van der Waals surface area contributed by atoms with Gasteiger partial charge < -0.3 is 14.8 Å². The molecule has 1 saturated heterocycles. The summed E-state index contributed by atoms with van der Waals surface area (Å²) in [6, 6.07) is 7.06. The van der Waals surface area contributed by atoms with Gasteiger partial charge in [-0.25, -0.2) is 12.7 Å². The third-order valence-corrected chi connectivity index (χ3v) is 5.82. The van der Waals surface area contributed by atoms with Crippen molar-refractivity contribution in [3.05, 3.63) is 29.8 Å². The number of nitriles is 1. The zero-order chi connectivity index (χ0) is 20.6. The van der Waals surface area contributed by atoms with E-state index in [0.717, 1.165) is 18.4 Å². The number of rotatable bonds is 8. The first kappa shape index (κ1) is 21.7. The van der Waals surface area contributed by atoms with Crippen LogP contribution in [0.3, 0.4) is 0 Å². The van der Waals surface area contributed by atoms with E-state index in [0.29, 0.717) is 31.1 Å². The molecule has 0 aromatic heterocycles. The fourth-order valence-corrected chi connectivity index (χ4v) is 3.81. The fourth-order valence-electron chi connectivity index (χ4n) is 2.94. The maximum Gasteiger partial charge on any atom is 0.244 e. The van der Waals surface area contributed by atoms with Gasteiger partial charge in [-0.1, -0.05) is 6.07 Å². The molecular weight excluding hydrogens is 382 g/mol. The second kappa shape index (κ2) is 10.1. The van der Waals surface area contributed by atoms with E-state index in [9.17, 15) is 13.2 Å². The van der Waals surface area contributed by atoms with Crippen LogP contribution in [0.25, 0.3) is 6.08 Å². The molecule has 9 heteroatoms. The van der Waals surface area contributed by atoms with Gasteiger partial charge in [0.25, 0.3) is 0 Å². The van der Waals surface area contributed by atoms with Crippen LogP contribution in [0.4, 0.5) is 0 Å². The van der Waals surface area contributed by atoms with E-state index in [1.165, 1.54) is 23.7 Å². The van der Waals surface area contributed by atoms with Crippen molar-refractivity contribution in [2.75, 3.05) is 39.6 Å². The molecule has 0 saturated carbocycles. The van der Waals surface area contributed by atoms with Crippen molar-refractivity contribution in [3.63, 3.8) is 0 Å². The van der Waals surface area contributed by atoms with E-state index in [1.807, 2.05) is 6.07 Å². The second-order valence-electron chi connectivity index (χ2n) is 6.54. The predicted molar refractivity (Wildman–Crippen MR) is 105 cm³/mol. The SMILES string of the molecule is COc1cc(/C=C/C(=O)NCC2CCN(S(C)(=O)=O)CC2)ccc1OCC#N. The van der Waals surface area contributed by atoms with Crippen LogP contribution in [0.2, 0.25) is 0 Å². The van der Waals surface area contributed by atoms with Crippen LogP contribution in [0, 0.1) is 17.2 Å². The highest BCUT2D eigenvalue weighted by molar-refractivity contribution is 7.88. The number of sulfonamides is 1. The van der Waals surface area contributed by atoms with Crippen molar-refractivity contribution in [2.24, 2.45) is 5.92 Å². The Morgan fingerprint density at radius 1 is 1.36 bits per heavy atom. The van der Waals surface area contributed by atoms with E-state index in [2.05, 4.69) is 5.32 Å². The summed E-state index contributed by atoms with van der Waals surface area (Å²) < 4.78 is 35.0. The third-order valence-electron chi connectivity index (χ3n) is 4.51. The number of nitrogens with one attached hydrogen (secondary N) is 1. The van der Waals surface area contributed by atoms with Crippen molar-refractivity contribution < 1.29 is 22.7 Å². The monoisotopic (exact) mass is 407 g/mol. The minimum atomic E-state index is -3.13. The first-order valence-electron chi connectivity index (χ1n) is 8.92. The zero-order valence-electron chi connectivity index (χ0n) is 16.1. The standard InChI is InChI=1S/C19H25N3O5S/c1-26-18-13-15(3-5-17(18)27-12-9-20)4-6-19(23)21-14-16-7-10-22(11-8-16)28(2,24)25/h3-6,13,16H,7-8,10-12,14H2,1-2H3,(H,21,23)/b6-4+. The molecule has 152 valence electrons. The Labute approximate surface area is 165 Å². The van der Waals surface area contributed by atoms with Crippen molar-refractivity contribution in [1.29, 1.82) is 5.26 Å². The highest BCUT2D eigenvalue weighted by Crippen LogP contribution is 2.28. The number of piperidine rings is 1. The number of ether oxygens (including phenoxy) is 2. The smallest absolute Gasteiger partial charge is 0.244 e. The quantitative estimate of drug-likeness (QED) is 0.653. The lowest BCUT2D eigenvalue weighted by atomic mass is 9.98. The van der Waals surface area contributed by atoms with Gasteiger partial charge in [-0.15, -0.1) is 0 Å². The van der Waals surface area contributed by atoms with Gasteiger partial charge in [0, 0.05) is 25.7 Å². The normalized spacial score (nSPS) is 15.9. The highest BCUT2D eigenvalue weighted by Gasteiger charge is 2.24. The summed E-state index contributed by atoms with van der Waals surface area (Å²) in [5, 5.41) is 11.4. The van der Waals surface area contributed by atoms with Crippen molar-refractivity contribution >= 4 is 22.0 Å². The highest BCUT2D eigenvalue weighted by atomic mass is 32.2. The average molecular weight is 407 g/mol. The molecule has 1 aliphatic rings. The lowest BCUT2D eigenvalue weighted by molar-refractivity contribution is -0.116. The molecule has 28 heavy (non-hydrogen) atoms. The van der Waals surface area contributed by atoms with Gasteiger partial charge in [0.05, 0.1) is 13.4 Å². The number of amides is 1. The third kappa shape index (κ3) is 6.55. The molecule has 0 bridgehead atoms. The summed E-state index contributed by atoms with van der Waals surface area (Å²) in [5.74, 6) is 1.00. The molecule has 1 aromatic carbocycles. The van der Waals surface area contributed by atoms with Gasteiger partial charge in [0.1, 0.15) is 6.07 Å². The molecule has 1 aliphatic heterocycles. The summed E-state index contributed by atoms with van der Waals surface area (Å²) in [4.78, 5) is 12.0. The topological polar surface area (TPSA) is 109 Å². The van der Waals surface area contributed by atoms with E-state index in [1.54, 1.807) is 24.3 Å². The fraction of sp³-hybridized carbons (Fsp3) is 0.474. The van der Waals surface area contributed by atoms with Gasteiger partial charge in [-0.05, 0) is 42.5 Å². The maximum atomic E-state index is 12.0. The second-order valence-corrected chi connectivity index (χ2v) is 8.52. The van der Waals surface area contributed by atoms with E-state index < -0.39 is 10.0 Å². The Morgan fingerprint density at radius 3 is 2.68 bits per heavy atom. The summed E-state index contributed by atoms with van der Waals surface area (Å²) in [7, 11) is -1.63. The Balaban J connectivity index is 1.83. The number of methoxy groups -OCH3 is 1. The van der Waals surface area contributed by atoms with Gasteiger partial charge >= 0.3 is 0 Å². The predicted octanol–water partition coefficient (Wildman–Crippen LogP) is 1.40. The van der Waals surface area contributed by atoms with Crippen molar-refractivity contribution in [3.8, 4) is 17.6 Å². The Kier molecular flexibility index (Phi) is 7.84. The van der Waals surface area contributed by atoms with Gasteiger partial charge in [-0.2, -0.15) is 5.26 Å². The molecular formula is C19H25N3O5S. The molecule has 0 unspecified atom stereocenters. The number of benzene rings is 1. The lowest BCUT2D eigenvalue weighted by Gasteiger charge is -2.30. The first-order chi connectivity index (χ1) is 13.3. The van der Waals surface area contributed by atoms with Gasteiger partial charge in [-0.3, -0.25) is 4.79 Å². The molecule has 0 spiro atoms. The molecule has 2 rings (SSSR count). The lowest BCUT2D eigenvalue weighted by Crippen LogP contribution is -2.40. The van der Waals surface area contributed by atoms with Crippen LogP contribution in [-0.4, -0.2) is 58.2 Å². The average Bonchev–Trinajstić information content (AvgIpc) is 2.69.